The van der Waals surface area contributed by atoms with Gasteiger partial charge in [0.25, 0.3) is 0 Å². The van der Waals surface area contributed by atoms with Gasteiger partial charge in [0, 0.05) is 0 Å². The Balaban J connectivity index is 2.05. The first-order valence-corrected chi connectivity index (χ1v) is 7.47. The molecule has 126 valence electrons. The summed E-state index contributed by atoms with van der Waals surface area (Å²) in [4.78, 5) is 24.4. The SMILES string of the molecule is CC(C)(C)N(NC(=O)Oc1ccccc1)C(=O)Oc1ccccc1. The van der Waals surface area contributed by atoms with E-state index in [1.165, 1.54) is 0 Å². The highest BCUT2D eigenvalue weighted by Gasteiger charge is 2.30. The van der Waals surface area contributed by atoms with Crippen LogP contribution >= 0.6 is 0 Å². The second-order valence-electron chi connectivity index (χ2n) is 6.00. The van der Waals surface area contributed by atoms with Crippen LogP contribution < -0.4 is 14.9 Å². The van der Waals surface area contributed by atoms with Crippen molar-refractivity contribution in [2.75, 3.05) is 0 Å². The zero-order chi connectivity index (χ0) is 17.6. The smallest absolute Gasteiger partial charge is 0.409 e. The number of nitrogens with zero attached hydrogens (tertiary/aromatic N) is 1. The molecule has 2 amide bonds. The molecule has 24 heavy (non-hydrogen) atoms. The molecule has 6 nitrogen and oxygen atoms in total. The molecule has 0 saturated heterocycles. The number of carbonyl (C=O) groups excluding carboxylic acids is 2. The maximum Gasteiger partial charge on any atom is 0.434 e. The molecule has 0 saturated carbocycles. The van der Waals surface area contributed by atoms with Gasteiger partial charge in [0.05, 0.1) is 5.54 Å². The lowest BCUT2D eigenvalue weighted by Gasteiger charge is -2.33. The predicted octanol–water partition coefficient (Wildman–Crippen LogP) is 3.99. The summed E-state index contributed by atoms with van der Waals surface area (Å²) in [5.74, 6) is 0.760. The summed E-state index contributed by atoms with van der Waals surface area (Å²) in [7, 11) is 0. The van der Waals surface area contributed by atoms with Gasteiger partial charge in [-0.3, -0.25) is 0 Å². The maximum atomic E-state index is 12.4. The third-order valence-electron chi connectivity index (χ3n) is 2.96. The van der Waals surface area contributed by atoms with Gasteiger partial charge in [0.2, 0.25) is 0 Å². The summed E-state index contributed by atoms with van der Waals surface area (Å²) in [6, 6.07) is 17.2. The van der Waals surface area contributed by atoms with E-state index in [9.17, 15) is 9.59 Å². The van der Waals surface area contributed by atoms with Gasteiger partial charge in [0.15, 0.2) is 0 Å². The molecule has 0 unspecified atom stereocenters. The molecule has 0 atom stereocenters. The van der Waals surface area contributed by atoms with E-state index in [0.717, 1.165) is 5.01 Å². The molecule has 0 heterocycles. The van der Waals surface area contributed by atoms with E-state index in [0.29, 0.717) is 11.5 Å². The van der Waals surface area contributed by atoms with Gasteiger partial charge in [-0.2, -0.15) is 0 Å². The Morgan fingerprint density at radius 2 is 1.29 bits per heavy atom. The van der Waals surface area contributed by atoms with Crippen molar-refractivity contribution >= 4 is 12.2 Å². The minimum atomic E-state index is -0.777. The first-order valence-electron chi connectivity index (χ1n) is 7.47. The van der Waals surface area contributed by atoms with Crippen molar-refractivity contribution in [1.29, 1.82) is 0 Å². The van der Waals surface area contributed by atoms with Gasteiger partial charge in [-0.05, 0) is 45.0 Å². The summed E-state index contributed by atoms with van der Waals surface area (Å²) in [5.41, 5.74) is 1.72. The van der Waals surface area contributed by atoms with Gasteiger partial charge < -0.3 is 9.47 Å². The number of nitrogens with one attached hydrogen (secondary N) is 1. The summed E-state index contributed by atoms with van der Waals surface area (Å²) in [6.45, 7) is 5.30. The Kier molecular flexibility index (Phi) is 5.42. The highest BCUT2D eigenvalue weighted by Crippen LogP contribution is 2.16. The fourth-order valence-electron chi connectivity index (χ4n) is 1.83. The number of ether oxygens (including phenoxy) is 2. The first kappa shape index (κ1) is 17.3. The van der Waals surface area contributed by atoms with Gasteiger partial charge >= 0.3 is 12.2 Å². The summed E-state index contributed by atoms with van der Waals surface area (Å²) >= 11 is 0. The van der Waals surface area contributed by atoms with Crippen LogP contribution in [0.1, 0.15) is 20.8 Å². The number of carbonyl (C=O) groups is 2. The maximum absolute atomic E-state index is 12.4. The average molecular weight is 328 g/mol. The van der Waals surface area contributed by atoms with E-state index >= 15 is 0 Å². The molecule has 6 heteroatoms. The van der Waals surface area contributed by atoms with Crippen molar-refractivity contribution < 1.29 is 19.1 Å². The lowest BCUT2D eigenvalue weighted by atomic mass is 10.1. The molecule has 0 radical (unpaired) electrons. The number of hydrogen-bond acceptors (Lipinski definition) is 4. The van der Waals surface area contributed by atoms with Crippen molar-refractivity contribution in [2.45, 2.75) is 26.3 Å². The van der Waals surface area contributed by atoms with Crippen LogP contribution in [0.5, 0.6) is 11.5 Å². The molecular weight excluding hydrogens is 308 g/mol. The normalized spacial score (nSPS) is 10.6. The molecule has 0 fully saturated rings. The van der Waals surface area contributed by atoms with E-state index in [-0.39, 0.29) is 0 Å². The molecule has 2 aromatic carbocycles. The van der Waals surface area contributed by atoms with E-state index in [1.54, 1.807) is 69.3 Å². The quantitative estimate of drug-likeness (QED) is 0.846. The van der Waals surface area contributed by atoms with Gasteiger partial charge in [0.1, 0.15) is 11.5 Å². The zero-order valence-corrected chi connectivity index (χ0v) is 13.9. The van der Waals surface area contributed by atoms with Crippen LogP contribution in [0.4, 0.5) is 9.59 Å². The second-order valence-corrected chi connectivity index (χ2v) is 6.00. The van der Waals surface area contributed by atoms with Crippen LogP contribution in [0, 0.1) is 0 Å². The van der Waals surface area contributed by atoms with Gasteiger partial charge in [-0.1, -0.05) is 36.4 Å². The third-order valence-corrected chi connectivity index (χ3v) is 2.96. The number of benzene rings is 2. The van der Waals surface area contributed by atoms with Crippen LogP contribution in [-0.2, 0) is 0 Å². The Morgan fingerprint density at radius 1 is 0.833 bits per heavy atom. The highest BCUT2D eigenvalue weighted by molar-refractivity contribution is 5.77. The molecule has 0 spiro atoms. The van der Waals surface area contributed by atoms with Crippen LogP contribution in [0.3, 0.4) is 0 Å². The van der Waals surface area contributed by atoms with Crippen molar-refractivity contribution in [3.63, 3.8) is 0 Å². The lowest BCUT2D eigenvalue weighted by Crippen LogP contribution is -2.57. The predicted molar refractivity (Wildman–Crippen MR) is 89.7 cm³/mol. The topological polar surface area (TPSA) is 67.9 Å². The van der Waals surface area contributed by atoms with Crippen LogP contribution in [-0.4, -0.2) is 22.7 Å². The lowest BCUT2D eigenvalue weighted by molar-refractivity contribution is 0.0686. The molecule has 0 aliphatic heterocycles. The minimum absolute atomic E-state index is 0.375. The van der Waals surface area contributed by atoms with Crippen molar-refractivity contribution in [3.8, 4) is 11.5 Å². The summed E-state index contributed by atoms with van der Waals surface area (Å²) in [5, 5.41) is 1.09. The number of amides is 2. The molecule has 2 rings (SSSR count). The Bertz CT molecular complexity index is 681. The fraction of sp³-hybridized carbons (Fsp3) is 0.222. The molecule has 2 aromatic rings. The molecule has 1 N–H and O–H groups in total. The second kappa shape index (κ2) is 7.50. The standard InChI is InChI=1S/C18H20N2O4/c1-18(2,3)20(17(22)24-15-12-8-5-9-13-15)19-16(21)23-14-10-6-4-7-11-14/h4-13H,1-3H3,(H,19,21). The number of rotatable bonds is 2. The van der Waals surface area contributed by atoms with E-state index < -0.39 is 17.7 Å². The van der Waals surface area contributed by atoms with Crippen molar-refractivity contribution in [3.05, 3.63) is 60.7 Å². The molecule has 0 aromatic heterocycles. The zero-order valence-electron chi connectivity index (χ0n) is 13.9. The minimum Gasteiger partial charge on any atom is -0.409 e. The average Bonchev–Trinajstić information content (AvgIpc) is 2.53. The Labute approximate surface area is 141 Å². The summed E-state index contributed by atoms with van der Waals surface area (Å²) in [6.07, 6.45) is -1.49. The van der Waals surface area contributed by atoms with Gasteiger partial charge in [-0.15, -0.1) is 0 Å². The monoisotopic (exact) mass is 328 g/mol. The highest BCUT2D eigenvalue weighted by atomic mass is 16.6. The Morgan fingerprint density at radius 3 is 1.75 bits per heavy atom. The third kappa shape index (κ3) is 5.01. The number of hydrogen-bond donors (Lipinski definition) is 1. The largest absolute Gasteiger partial charge is 0.434 e. The Hall–Kier alpha value is -3.02. The van der Waals surface area contributed by atoms with Crippen molar-refractivity contribution in [1.82, 2.24) is 10.4 Å². The number of para-hydroxylation sites is 2. The number of hydrazine groups is 1. The first-order chi connectivity index (χ1) is 11.4. The van der Waals surface area contributed by atoms with Crippen LogP contribution in [0.25, 0.3) is 0 Å². The summed E-state index contributed by atoms with van der Waals surface area (Å²) < 4.78 is 10.4. The van der Waals surface area contributed by atoms with Crippen molar-refractivity contribution in [2.24, 2.45) is 0 Å². The fourth-order valence-corrected chi connectivity index (χ4v) is 1.83. The molecule has 0 aliphatic rings. The van der Waals surface area contributed by atoms with Crippen LogP contribution in [0.2, 0.25) is 0 Å². The molecule has 0 aliphatic carbocycles. The molecular formula is C18H20N2O4. The van der Waals surface area contributed by atoms with Crippen LogP contribution in [0.15, 0.2) is 60.7 Å². The van der Waals surface area contributed by atoms with E-state index in [1.807, 2.05) is 12.1 Å². The van der Waals surface area contributed by atoms with Gasteiger partial charge in [-0.25, -0.2) is 20.0 Å². The molecule has 0 bridgehead atoms. The van der Waals surface area contributed by atoms with E-state index in [4.69, 9.17) is 9.47 Å². The van der Waals surface area contributed by atoms with E-state index in [2.05, 4.69) is 5.43 Å².